The van der Waals surface area contributed by atoms with Gasteiger partial charge in [-0.2, -0.15) is 0 Å². The van der Waals surface area contributed by atoms with Crippen molar-refractivity contribution >= 4 is 0 Å². The van der Waals surface area contributed by atoms with Gasteiger partial charge in [0, 0.05) is 18.6 Å². The van der Waals surface area contributed by atoms with E-state index in [2.05, 4.69) is 12.2 Å². The molecular weight excluding hydrogens is 210 g/mol. The highest BCUT2D eigenvalue weighted by atomic mass is 16.5. The summed E-state index contributed by atoms with van der Waals surface area (Å²) in [6.07, 6.45) is 11.4. The Kier molecular flexibility index (Phi) is 5.30. The Morgan fingerprint density at radius 2 is 2.00 bits per heavy atom. The van der Waals surface area contributed by atoms with E-state index in [0.717, 1.165) is 25.7 Å². The van der Waals surface area contributed by atoms with Gasteiger partial charge in [-0.15, -0.1) is 0 Å². The Balaban J connectivity index is 1.88. The van der Waals surface area contributed by atoms with Crippen molar-refractivity contribution in [2.24, 2.45) is 11.3 Å². The lowest BCUT2D eigenvalue weighted by atomic mass is 9.71. The molecule has 2 nitrogen and oxygen atoms in total. The van der Waals surface area contributed by atoms with Crippen molar-refractivity contribution in [2.75, 3.05) is 26.3 Å². The maximum absolute atomic E-state index is 5.78. The molecule has 0 bridgehead atoms. The first-order valence-corrected chi connectivity index (χ1v) is 7.63. The molecule has 2 rings (SSSR count). The second kappa shape index (κ2) is 6.75. The molecule has 1 N–H and O–H groups in total. The summed E-state index contributed by atoms with van der Waals surface area (Å²) < 4.78 is 5.78. The van der Waals surface area contributed by atoms with E-state index < -0.39 is 0 Å². The van der Waals surface area contributed by atoms with E-state index in [1.54, 1.807) is 0 Å². The van der Waals surface area contributed by atoms with Crippen molar-refractivity contribution in [3.63, 3.8) is 0 Å². The van der Waals surface area contributed by atoms with E-state index >= 15 is 0 Å². The van der Waals surface area contributed by atoms with Crippen LogP contribution in [-0.2, 0) is 4.74 Å². The summed E-state index contributed by atoms with van der Waals surface area (Å²) in [6, 6.07) is 0. The molecule has 0 aromatic carbocycles. The predicted octanol–water partition coefficient (Wildman–Crippen LogP) is 3.36. The normalized spacial score (nSPS) is 31.6. The van der Waals surface area contributed by atoms with Crippen LogP contribution in [0.25, 0.3) is 0 Å². The number of rotatable bonds is 5. The molecule has 1 saturated heterocycles. The molecule has 100 valence electrons. The average molecular weight is 239 g/mol. The van der Waals surface area contributed by atoms with Crippen molar-refractivity contribution in [3.05, 3.63) is 0 Å². The van der Waals surface area contributed by atoms with Crippen molar-refractivity contribution < 1.29 is 4.74 Å². The predicted molar refractivity (Wildman–Crippen MR) is 72.2 cm³/mol. The third-order valence-electron chi connectivity index (χ3n) is 4.60. The fraction of sp³-hybridized carbons (Fsp3) is 1.00. The molecule has 0 aromatic heterocycles. The van der Waals surface area contributed by atoms with Crippen LogP contribution in [0.3, 0.4) is 0 Å². The third kappa shape index (κ3) is 3.96. The zero-order valence-electron chi connectivity index (χ0n) is 11.5. The van der Waals surface area contributed by atoms with Gasteiger partial charge >= 0.3 is 0 Å². The maximum atomic E-state index is 5.78. The minimum atomic E-state index is 0.455. The second-order valence-corrected chi connectivity index (χ2v) is 6.14. The van der Waals surface area contributed by atoms with Crippen molar-refractivity contribution in [1.29, 1.82) is 0 Å². The van der Waals surface area contributed by atoms with Gasteiger partial charge in [-0.1, -0.05) is 39.0 Å². The monoisotopic (exact) mass is 239 g/mol. The molecule has 1 saturated carbocycles. The highest BCUT2D eigenvalue weighted by Crippen LogP contribution is 2.39. The topological polar surface area (TPSA) is 21.3 Å². The highest BCUT2D eigenvalue weighted by molar-refractivity contribution is 4.87. The fourth-order valence-electron chi connectivity index (χ4n) is 3.68. The molecule has 1 atom stereocenters. The molecule has 17 heavy (non-hydrogen) atoms. The lowest BCUT2D eigenvalue weighted by molar-refractivity contribution is -0.0231. The van der Waals surface area contributed by atoms with Crippen molar-refractivity contribution in [3.8, 4) is 0 Å². The van der Waals surface area contributed by atoms with Gasteiger partial charge in [0.2, 0.25) is 0 Å². The van der Waals surface area contributed by atoms with Crippen LogP contribution < -0.4 is 5.32 Å². The minimum Gasteiger partial charge on any atom is -0.381 e. The van der Waals surface area contributed by atoms with E-state index in [-0.39, 0.29) is 0 Å². The van der Waals surface area contributed by atoms with Crippen LogP contribution in [0.1, 0.15) is 58.3 Å². The fourth-order valence-corrected chi connectivity index (χ4v) is 3.68. The van der Waals surface area contributed by atoms with Crippen molar-refractivity contribution in [2.45, 2.75) is 58.3 Å². The molecular formula is C15H29NO. The minimum absolute atomic E-state index is 0.455. The van der Waals surface area contributed by atoms with Crippen LogP contribution in [0, 0.1) is 11.3 Å². The molecule has 0 aromatic rings. The molecule has 0 spiro atoms. The van der Waals surface area contributed by atoms with Crippen LogP contribution in [0.2, 0.25) is 0 Å². The number of hydrogen-bond acceptors (Lipinski definition) is 2. The summed E-state index contributed by atoms with van der Waals surface area (Å²) in [7, 11) is 0. The SMILES string of the molecule is CCNCC1(CC2CCCCC2)CCCOC1. The Morgan fingerprint density at radius 3 is 2.65 bits per heavy atom. The van der Waals surface area contributed by atoms with Gasteiger partial charge in [0.25, 0.3) is 0 Å². The van der Waals surface area contributed by atoms with Crippen LogP contribution in [-0.4, -0.2) is 26.3 Å². The number of hydrogen-bond donors (Lipinski definition) is 1. The summed E-state index contributed by atoms with van der Waals surface area (Å²) in [5.41, 5.74) is 0.455. The second-order valence-electron chi connectivity index (χ2n) is 6.14. The van der Waals surface area contributed by atoms with E-state index in [1.807, 2.05) is 0 Å². The zero-order chi connectivity index (χ0) is 12.0. The quantitative estimate of drug-likeness (QED) is 0.794. The Labute approximate surface area is 107 Å². The molecule has 1 unspecified atom stereocenters. The van der Waals surface area contributed by atoms with E-state index in [1.165, 1.54) is 57.9 Å². The van der Waals surface area contributed by atoms with E-state index in [4.69, 9.17) is 4.74 Å². The van der Waals surface area contributed by atoms with Crippen LogP contribution in [0.5, 0.6) is 0 Å². The first-order chi connectivity index (χ1) is 8.35. The standard InChI is InChI=1S/C15H29NO/c1-2-16-12-15(9-6-10-17-13-15)11-14-7-4-3-5-8-14/h14,16H,2-13H2,1H3. The van der Waals surface area contributed by atoms with Gasteiger partial charge < -0.3 is 10.1 Å². The van der Waals surface area contributed by atoms with Crippen LogP contribution in [0.15, 0.2) is 0 Å². The average Bonchev–Trinajstić information content (AvgIpc) is 2.39. The van der Waals surface area contributed by atoms with Crippen LogP contribution >= 0.6 is 0 Å². The smallest absolute Gasteiger partial charge is 0.0534 e. The molecule has 0 radical (unpaired) electrons. The summed E-state index contributed by atoms with van der Waals surface area (Å²) in [5.74, 6) is 0.976. The first kappa shape index (κ1) is 13.4. The zero-order valence-corrected chi connectivity index (χ0v) is 11.5. The molecule has 0 amide bonds. The summed E-state index contributed by atoms with van der Waals surface area (Å²) in [5, 5.41) is 3.57. The number of ether oxygens (including phenoxy) is 1. The van der Waals surface area contributed by atoms with E-state index in [9.17, 15) is 0 Å². The van der Waals surface area contributed by atoms with Gasteiger partial charge in [0.1, 0.15) is 0 Å². The molecule has 1 aliphatic heterocycles. The van der Waals surface area contributed by atoms with Crippen molar-refractivity contribution in [1.82, 2.24) is 5.32 Å². The van der Waals surface area contributed by atoms with Crippen LogP contribution in [0.4, 0.5) is 0 Å². The lowest BCUT2D eigenvalue weighted by Gasteiger charge is -2.40. The third-order valence-corrected chi connectivity index (χ3v) is 4.60. The Hall–Kier alpha value is -0.0800. The molecule has 1 heterocycles. The van der Waals surface area contributed by atoms with Gasteiger partial charge in [0.05, 0.1) is 6.61 Å². The largest absolute Gasteiger partial charge is 0.381 e. The molecule has 2 aliphatic rings. The molecule has 2 fully saturated rings. The summed E-state index contributed by atoms with van der Waals surface area (Å²) in [4.78, 5) is 0. The van der Waals surface area contributed by atoms with Gasteiger partial charge in [0.15, 0.2) is 0 Å². The molecule has 1 aliphatic carbocycles. The maximum Gasteiger partial charge on any atom is 0.0534 e. The Bertz CT molecular complexity index is 205. The molecule has 2 heteroatoms. The lowest BCUT2D eigenvalue weighted by Crippen LogP contribution is -2.42. The number of nitrogens with one attached hydrogen (secondary N) is 1. The van der Waals surface area contributed by atoms with Gasteiger partial charge in [-0.25, -0.2) is 0 Å². The van der Waals surface area contributed by atoms with Gasteiger partial charge in [-0.05, 0) is 31.7 Å². The first-order valence-electron chi connectivity index (χ1n) is 7.63. The highest BCUT2D eigenvalue weighted by Gasteiger charge is 2.35. The van der Waals surface area contributed by atoms with Gasteiger partial charge in [-0.3, -0.25) is 0 Å². The summed E-state index contributed by atoms with van der Waals surface area (Å²) >= 11 is 0. The summed E-state index contributed by atoms with van der Waals surface area (Å²) in [6.45, 7) is 6.44. The Morgan fingerprint density at radius 1 is 1.18 bits per heavy atom. The van der Waals surface area contributed by atoms with E-state index in [0.29, 0.717) is 5.41 Å².